The number of rotatable bonds is 4. The minimum Gasteiger partial charge on any atom is -0.312 e. The Morgan fingerprint density at radius 1 is 1.35 bits per heavy atom. The second kappa shape index (κ2) is 5.41. The molecule has 0 saturated carbocycles. The average Bonchev–Trinajstić information content (AvgIpc) is 2.19. The van der Waals surface area contributed by atoms with Crippen LogP contribution < -0.4 is 5.32 Å². The van der Waals surface area contributed by atoms with Crippen molar-refractivity contribution in [3.05, 3.63) is 35.1 Å². The van der Waals surface area contributed by atoms with Crippen LogP contribution in [-0.4, -0.2) is 17.9 Å². The van der Waals surface area contributed by atoms with Crippen LogP contribution in [-0.2, 0) is 0 Å². The summed E-state index contributed by atoms with van der Waals surface area (Å²) in [7, 11) is 0. The Morgan fingerprint density at radius 2 is 2.00 bits per heavy atom. The number of carbonyl (C=O) groups excluding carboxylic acids is 1. The molecule has 17 heavy (non-hydrogen) atoms. The Morgan fingerprint density at radius 3 is 2.59 bits per heavy atom. The summed E-state index contributed by atoms with van der Waals surface area (Å²) in [6.07, 6.45) is 0.317. The van der Waals surface area contributed by atoms with Gasteiger partial charge in [0.15, 0.2) is 5.78 Å². The highest BCUT2D eigenvalue weighted by molar-refractivity contribution is 5.96. The SMILES string of the molecule is Cc1ccc(F)c(C(=O)CCNC(C)(C)C)c1. The molecular formula is C14H20FNO. The minimum atomic E-state index is -0.434. The summed E-state index contributed by atoms with van der Waals surface area (Å²) in [5.41, 5.74) is 1.07. The van der Waals surface area contributed by atoms with Gasteiger partial charge in [0.25, 0.3) is 0 Å². The minimum absolute atomic E-state index is 0.0224. The number of hydrogen-bond donors (Lipinski definition) is 1. The first-order valence-electron chi connectivity index (χ1n) is 5.84. The van der Waals surface area contributed by atoms with Gasteiger partial charge in [0.2, 0.25) is 0 Å². The number of Topliss-reactive ketones (excluding diaryl/α,β-unsaturated/α-hetero) is 1. The molecule has 0 atom stereocenters. The number of halogens is 1. The third kappa shape index (κ3) is 4.65. The van der Waals surface area contributed by atoms with E-state index in [2.05, 4.69) is 5.32 Å². The molecule has 0 aliphatic carbocycles. The van der Waals surface area contributed by atoms with E-state index in [-0.39, 0.29) is 16.9 Å². The second-order valence-electron chi connectivity index (χ2n) is 5.33. The summed E-state index contributed by atoms with van der Waals surface area (Å²) in [5, 5.41) is 3.21. The number of nitrogens with one attached hydrogen (secondary N) is 1. The maximum absolute atomic E-state index is 13.4. The molecule has 2 nitrogen and oxygen atoms in total. The average molecular weight is 237 g/mol. The van der Waals surface area contributed by atoms with Crippen molar-refractivity contribution in [1.82, 2.24) is 5.32 Å². The number of carbonyl (C=O) groups is 1. The second-order valence-corrected chi connectivity index (χ2v) is 5.33. The van der Waals surface area contributed by atoms with Crippen molar-refractivity contribution in [1.29, 1.82) is 0 Å². The highest BCUT2D eigenvalue weighted by Crippen LogP contribution is 2.12. The van der Waals surface area contributed by atoms with E-state index in [4.69, 9.17) is 0 Å². The maximum atomic E-state index is 13.4. The van der Waals surface area contributed by atoms with Crippen LogP contribution in [0.2, 0.25) is 0 Å². The van der Waals surface area contributed by atoms with E-state index >= 15 is 0 Å². The van der Waals surface area contributed by atoms with Crippen molar-refractivity contribution >= 4 is 5.78 Å². The number of ketones is 1. The molecule has 0 heterocycles. The third-order valence-electron chi connectivity index (χ3n) is 2.43. The molecule has 0 fully saturated rings. The van der Waals surface area contributed by atoms with Crippen LogP contribution >= 0.6 is 0 Å². The molecule has 1 aromatic carbocycles. The van der Waals surface area contributed by atoms with Gasteiger partial charge in [-0.2, -0.15) is 0 Å². The van der Waals surface area contributed by atoms with Gasteiger partial charge in [-0.05, 0) is 39.8 Å². The zero-order chi connectivity index (χ0) is 13.1. The third-order valence-corrected chi connectivity index (χ3v) is 2.43. The highest BCUT2D eigenvalue weighted by atomic mass is 19.1. The van der Waals surface area contributed by atoms with Crippen LogP contribution in [0.25, 0.3) is 0 Å². The zero-order valence-electron chi connectivity index (χ0n) is 10.9. The molecule has 1 rings (SSSR count). The van der Waals surface area contributed by atoms with Crippen molar-refractivity contribution in [3.63, 3.8) is 0 Å². The molecule has 0 aliphatic heterocycles. The Hall–Kier alpha value is -1.22. The standard InChI is InChI=1S/C14H20FNO/c1-10-5-6-12(15)11(9-10)13(17)7-8-16-14(2,3)4/h5-6,9,16H,7-8H2,1-4H3. The first-order chi connectivity index (χ1) is 7.79. The fourth-order valence-corrected chi connectivity index (χ4v) is 1.54. The van der Waals surface area contributed by atoms with Crippen molar-refractivity contribution in [2.45, 2.75) is 39.7 Å². The number of benzene rings is 1. The van der Waals surface area contributed by atoms with Gasteiger partial charge in [0.1, 0.15) is 5.82 Å². The van der Waals surface area contributed by atoms with Crippen LogP contribution in [0.1, 0.15) is 43.1 Å². The van der Waals surface area contributed by atoms with Crippen molar-refractivity contribution in [2.24, 2.45) is 0 Å². The van der Waals surface area contributed by atoms with Gasteiger partial charge in [0, 0.05) is 18.5 Å². The van der Waals surface area contributed by atoms with Crippen LogP contribution in [0.4, 0.5) is 4.39 Å². The molecule has 0 radical (unpaired) electrons. The molecule has 0 aliphatic rings. The molecule has 3 heteroatoms. The largest absolute Gasteiger partial charge is 0.312 e. The molecule has 0 amide bonds. The van der Waals surface area contributed by atoms with Gasteiger partial charge in [0.05, 0.1) is 5.56 Å². The smallest absolute Gasteiger partial charge is 0.167 e. The maximum Gasteiger partial charge on any atom is 0.167 e. The highest BCUT2D eigenvalue weighted by Gasteiger charge is 2.13. The lowest BCUT2D eigenvalue weighted by molar-refractivity contribution is 0.0976. The monoisotopic (exact) mass is 237 g/mol. The lowest BCUT2D eigenvalue weighted by atomic mass is 10.0. The molecule has 94 valence electrons. The van der Waals surface area contributed by atoms with Gasteiger partial charge in [-0.3, -0.25) is 4.79 Å². The van der Waals surface area contributed by atoms with Gasteiger partial charge in [-0.1, -0.05) is 11.6 Å². The summed E-state index contributed by atoms with van der Waals surface area (Å²) >= 11 is 0. The Labute approximate surface area is 102 Å². The van der Waals surface area contributed by atoms with Crippen molar-refractivity contribution in [3.8, 4) is 0 Å². The first-order valence-corrected chi connectivity index (χ1v) is 5.84. The summed E-state index contributed by atoms with van der Waals surface area (Å²) < 4.78 is 13.4. The number of aryl methyl sites for hydroxylation is 1. The normalized spacial score (nSPS) is 11.6. The number of hydrogen-bond acceptors (Lipinski definition) is 2. The quantitative estimate of drug-likeness (QED) is 0.815. The predicted molar refractivity (Wildman–Crippen MR) is 67.8 cm³/mol. The van der Waals surface area contributed by atoms with Crippen molar-refractivity contribution < 1.29 is 9.18 Å². The van der Waals surface area contributed by atoms with Crippen molar-refractivity contribution in [2.75, 3.05) is 6.54 Å². The van der Waals surface area contributed by atoms with Crippen LogP contribution in [0.5, 0.6) is 0 Å². The van der Waals surface area contributed by atoms with Crippen LogP contribution in [0.3, 0.4) is 0 Å². The summed E-state index contributed by atoms with van der Waals surface area (Å²) in [5.74, 6) is -0.584. The van der Waals surface area contributed by atoms with E-state index in [0.29, 0.717) is 13.0 Å². The zero-order valence-corrected chi connectivity index (χ0v) is 10.9. The van der Waals surface area contributed by atoms with Gasteiger partial charge >= 0.3 is 0 Å². The molecule has 1 aromatic rings. The van der Waals surface area contributed by atoms with Crippen LogP contribution in [0.15, 0.2) is 18.2 Å². The molecule has 0 bridgehead atoms. The summed E-state index contributed by atoms with van der Waals surface area (Å²) in [6, 6.07) is 4.62. The van der Waals surface area contributed by atoms with E-state index in [0.717, 1.165) is 5.56 Å². The molecule has 0 saturated heterocycles. The molecule has 0 spiro atoms. The summed E-state index contributed by atoms with van der Waals surface area (Å²) in [4.78, 5) is 11.8. The topological polar surface area (TPSA) is 29.1 Å². The van der Waals surface area contributed by atoms with E-state index in [1.807, 2.05) is 27.7 Å². The lowest BCUT2D eigenvalue weighted by Crippen LogP contribution is -2.37. The molecule has 0 aromatic heterocycles. The fraction of sp³-hybridized carbons (Fsp3) is 0.500. The van der Waals surface area contributed by atoms with E-state index in [9.17, 15) is 9.18 Å². The Kier molecular flexibility index (Phi) is 4.40. The lowest BCUT2D eigenvalue weighted by Gasteiger charge is -2.20. The van der Waals surface area contributed by atoms with Crippen LogP contribution in [0, 0.1) is 12.7 Å². The van der Waals surface area contributed by atoms with E-state index in [1.165, 1.54) is 6.07 Å². The Balaban J connectivity index is 2.61. The molecule has 1 N–H and O–H groups in total. The predicted octanol–water partition coefficient (Wildman–Crippen LogP) is 3.10. The summed E-state index contributed by atoms with van der Waals surface area (Å²) in [6.45, 7) is 8.51. The van der Waals surface area contributed by atoms with E-state index < -0.39 is 5.82 Å². The first kappa shape index (κ1) is 13.8. The molecule has 0 unspecified atom stereocenters. The fourth-order valence-electron chi connectivity index (χ4n) is 1.54. The van der Waals surface area contributed by atoms with Gasteiger partial charge in [-0.15, -0.1) is 0 Å². The Bertz CT molecular complexity index is 407. The van der Waals surface area contributed by atoms with Gasteiger partial charge in [-0.25, -0.2) is 4.39 Å². The molecular weight excluding hydrogens is 217 g/mol. The van der Waals surface area contributed by atoms with Gasteiger partial charge < -0.3 is 5.32 Å². The van der Waals surface area contributed by atoms with E-state index in [1.54, 1.807) is 12.1 Å².